The topological polar surface area (TPSA) is 27.7 Å². The van der Waals surface area contributed by atoms with Crippen molar-refractivity contribution in [3.05, 3.63) is 0 Å². The molecule has 0 saturated carbocycles. The molecule has 0 N–H and O–H groups in total. The molecule has 1 unspecified atom stereocenters. The van der Waals surface area contributed by atoms with E-state index in [0.29, 0.717) is 6.61 Å². The van der Waals surface area contributed by atoms with Crippen LogP contribution >= 0.6 is 20.6 Å². The minimum atomic E-state index is 0.217. The molecule has 0 aromatic rings. The van der Waals surface area contributed by atoms with Gasteiger partial charge in [0.25, 0.3) is 0 Å². The van der Waals surface area contributed by atoms with Gasteiger partial charge in [-0.05, 0) is 24.7 Å². The van der Waals surface area contributed by atoms with Crippen molar-refractivity contribution in [3.63, 3.8) is 0 Å². The molecule has 0 radical (unpaired) electrons. The summed E-state index contributed by atoms with van der Waals surface area (Å²) in [6, 6.07) is 0. The second kappa shape index (κ2) is 8.01. The molecule has 0 aliphatic carbocycles. The Balaban J connectivity index is 3.57. The first-order valence-corrected chi connectivity index (χ1v) is 7.18. The molecule has 0 aromatic heterocycles. The number of rotatable bonds is 8. The molecule has 13 heavy (non-hydrogen) atoms. The first-order valence-electron chi connectivity index (χ1n) is 4.32. The summed E-state index contributed by atoms with van der Waals surface area (Å²) in [5.74, 6) is 0. The molecule has 2 atom stereocenters. The highest BCUT2D eigenvalue weighted by atomic mass is 32.2. The first-order chi connectivity index (χ1) is 6.18. The molecule has 0 fully saturated rings. The van der Waals surface area contributed by atoms with E-state index in [1.807, 2.05) is 0 Å². The summed E-state index contributed by atoms with van der Waals surface area (Å²) in [6.07, 6.45) is 4.04. The average Bonchev–Trinajstić information content (AvgIpc) is 2.13. The fourth-order valence-electron chi connectivity index (χ4n) is 0.919. The minimum Gasteiger partial charge on any atom is -0.205 e. The molecule has 0 aliphatic rings. The van der Waals surface area contributed by atoms with E-state index in [2.05, 4.69) is 29.9 Å². The van der Waals surface area contributed by atoms with Crippen LogP contribution in [0.1, 0.15) is 20.3 Å². The van der Waals surface area contributed by atoms with Gasteiger partial charge in [-0.2, -0.15) is 0 Å². The highest BCUT2D eigenvalue weighted by Crippen LogP contribution is 2.28. The van der Waals surface area contributed by atoms with Crippen LogP contribution < -0.4 is 0 Å². The third kappa shape index (κ3) is 6.69. The summed E-state index contributed by atoms with van der Waals surface area (Å²) in [5, 5.41) is 4.49. The maximum absolute atomic E-state index is 4.94. The third-order valence-corrected chi connectivity index (χ3v) is 3.41. The van der Waals surface area contributed by atoms with E-state index in [-0.39, 0.29) is 5.41 Å². The van der Waals surface area contributed by atoms with Crippen LogP contribution in [0.4, 0.5) is 0 Å². The van der Waals surface area contributed by atoms with Gasteiger partial charge in [0.2, 0.25) is 0 Å². The van der Waals surface area contributed by atoms with Crippen LogP contribution in [0.3, 0.4) is 0 Å². The van der Waals surface area contributed by atoms with Crippen LogP contribution in [0, 0.1) is 5.41 Å². The normalized spacial score (nSPS) is 16.6. The molecule has 0 saturated heterocycles. The van der Waals surface area contributed by atoms with E-state index in [0.717, 1.165) is 27.0 Å². The zero-order chi connectivity index (χ0) is 10.2. The van der Waals surface area contributed by atoms with Gasteiger partial charge in [0, 0.05) is 18.3 Å². The van der Waals surface area contributed by atoms with Gasteiger partial charge in [0.15, 0.2) is 0 Å². The van der Waals surface area contributed by atoms with Crippen LogP contribution in [0.2, 0.25) is 0 Å². The van der Waals surface area contributed by atoms with Crippen molar-refractivity contribution in [2.24, 2.45) is 5.41 Å². The summed E-state index contributed by atoms with van der Waals surface area (Å²) in [4.78, 5) is 4.94. The Bertz CT molecular complexity index is 126. The molecule has 0 amide bonds. The van der Waals surface area contributed by atoms with Crippen molar-refractivity contribution in [3.8, 4) is 0 Å². The molecular formula is C8H19O3PS. The highest BCUT2D eigenvalue weighted by molar-refractivity contribution is 7.93. The second-order valence-corrected chi connectivity index (χ2v) is 4.79. The first kappa shape index (κ1) is 13.7. The van der Waals surface area contributed by atoms with Crippen LogP contribution in [-0.2, 0) is 14.3 Å². The number of hydrogen-bond acceptors (Lipinski definition) is 4. The van der Waals surface area contributed by atoms with Crippen LogP contribution in [0.25, 0.3) is 0 Å². The van der Waals surface area contributed by atoms with Crippen LogP contribution in [-0.4, -0.2) is 25.7 Å². The van der Waals surface area contributed by atoms with E-state index in [9.17, 15) is 0 Å². The number of hydrogen-bond donors (Lipinski definition) is 0. The molecular weight excluding hydrogens is 207 g/mol. The summed E-state index contributed by atoms with van der Waals surface area (Å²) in [5.41, 5.74) is 0.217. The van der Waals surface area contributed by atoms with E-state index < -0.39 is 0 Å². The molecule has 0 aliphatic heterocycles. The maximum atomic E-state index is 4.94. The molecule has 0 rings (SSSR count). The van der Waals surface area contributed by atoms with Gasteiger partial charge in [0.1, 0.15) is 0 Å². The van der Waals surface area contributed by atoms with Gasteiger partial charge in [-0.1, -0.05) is 18.9 Å². The molecule has 0 aromatic carbocycles. The van der Waals surface area contributed by atoms with E-state index in [1.54, 1.807) is 6.26 Å². The summed E-state index contributed by atoms with van der Waals surface area (Å²) >= 11 is 1.13. The Kier molecular flexibility index (Phi) is 8.42. The van der Waals surface area contributed by atoms with E-state index in [4.69, 9.17) is 4.89 Å². The Morgan fingerprint density at radius 2 is 2.15 bits per heavy atom. The molecule has 0 bridgehead atoms. The Hall–Kier alpha value is 0.660. The average molecular weight is 226 g/mol. The predicted molar refractivity (Wildman–Crippen MR) is 59.1 cm³/mol. The lowest BCUT2D eigenvalue weighted by atomic mass is 9.91. The lowest BCUT2D eigenvalue weighted by molar-refractivity contribution is -0.466. The maximum Gasteiger partial charge on any atom is 0.0911 e. The summed E-state index contributed by atoms with van der Waals surface area (Å²) < 4.78 is 4.55. The van der Waals surface area contributed by atoms with Gasteiger partial charge in [-0.15, -0.1) is 12.9 Å². The minimum absolute atomic E-state index is 0.217. The van der Waals surface area contributed by atoms with E-state index >= 15 is 0 Å². The molecule has 3 nitrogen and oxygen atoms in total. The zero-order valence-corrected chi connectivity index (χ0v) is 10.6. The van der Waals surface area contributed by atoms with Crippen molar-refractivity contribution in [1.82, 2.24) is 0 Å². The molecule has 0 heterocycles. The lowest BCUT2D eigenvalue weighted by Gasteiger charge is -2.25. The Morgan fingerprint density at radius 3 is 2.62 bits per heavy atom. The van der Waals surface area contributed by atoms with Gasteiger partial charge < -0.3 is 0 Å². The smallest absolute Gasteiger partial charge is 0.0911 e. The van der Waals surface area contributed by atoms with Crippen LogP contribution in [0.15, 0.2) is 0 Å². The summed E-state index contributed by atoms with van der Waals surface area (Å²) in [6.45, 7) is 7.16. The van der Waals surface area contributed by atoms with Crippen molar-refractivity contribution >= 4 is 20.6 Å². The lowest BCUT2D eigenvalue weighted by Crippen LogP contribution is -2.24. The second-order valence-electron chi connectivity index (χ2n) is 3.26. The summed E-state index contributed by atoms with van der Waals surface area (Å²) in [7, 11) is 0.947. The predicted octanol–water partition coefficient (Wildman–Crippen LogP) is 2.87. The van der Waals surface area contributed by atoms with E-state index in [1.165, 1.54) is 6.16 Å². The quantitative estimate of drug-likeness (QED) is 0.209. The third-order valence-electron chi connectivity index (χ3n) is 2.01. The molecule has 80 valence electrons. The van der Waals surface area contributed by atoms with Gasteiger partial charge in [-0.25, -0.2) is 4.89 Å². The SMILES string of the molecule is CC[C@](C)(COOOSC)CPC. The van der Waals surface area contributed by atoms with Crippen molar-refractivity contribution < 1.29 is 14.3 Å². The molecule has 5 heteroatoms. The van der Waals surface area contributed by atoms with Crippen molar-refractivity contribution in [1.29, 1.82) is 0 Å². The molecule has 0 spiro atoms. The van der Waals surface area contributed by atoms with Gasteiger partial charge in [-0.3, -0.25) is 0 Å². The van der Waals surface area contributed by atoms with Crippen molar-refractivity contribution in [2.45, 2.75) is 20.3 Å². The van der Waals surface area contributed by atoms with Crippen LogP contribution in [0.5, 0.6) is 0 Å². The van der Waals surface area contributed by atoms with Gasteiger partial charge >= 0.3 is 0 Å². The Morgan fingerprint density at radius 1 is 1.46 bits per heavy atom. The zero-order valence-electron chi connectivity index (χ0n) is 8.75. The monoisotopic (exact) mass is 226 g/mol. The largest absolute Gasteiger partial charge is 0.205 e. The van der Waals surface area contributed by atoms with Crippen molar-refractivity contribution in [2.75, 3.05) is 25.7 Å². The standard InChI is InChI=1S/C8H19O3PS/c1-5-8(2,7-12-3)6-9-10-11-13-4/h12H,5-7H2,1-4H3/t8-/m1/s1. The van der Waals surface area contributed by atoms with Gasteiger partial charge in [0.05, 0.1) is 6.61 Å². The fraction of sp³-hybridized carbons (Fsp3) is 1.00. The fourth-order valence-corrected chi connectivity index (χ4v) is 2.22. The highest BCUT2D eigenvalue weighted by Gasteiger charge is 2.22. The Labute approximate surface area is 86.7 Å².